The van der Waals surface area contributed by atoms with Crippen molar-refractivity contribution in [2.24, 2.45) is 0 Å². The number of nitrogens with one attached hydrogen (secondary N) is 1. The summed E-state index contributed by atoms with van der Waals surface area (Å²) in [5.74, 6) is 0.472. The molecule has 1 aromatic heterocycles. The Morgan fingerprint density at radius 3 is 2.78 bits per heavy atom. The van der Waals surface area contributed by atoms with E-state index in [9.17, 15) is 4.39 Å². The fourth-order valence-electron chi connectivity index (χ4n) is 1.93. The van der Waals surface area contributed by atoms with Crippen molar-refractivity contribution in [1.29, 1.82) is 0 Å². The zero-order valence-electron chi connectivity index (χ0n) is 9.67. The van der Waals surface area contributed by atoms with Gasteiger partial charge >= 0.3 is 0 Å². The molecule has 0 fully saturated rings. The van der Waals surface area contributed by atoms with E-state index < -0.39 is 0 Å². The van der Waals surface area contributed by atoms with E-state index in [1.807, 2.05) is 25.1 Å². The van der Waals surface area contributed by atoms with E-state index in [-0.39, 0.29) is 5.82 Å². The molecule has 0 aliphatic rings. The number of rotatable bonds is 1. The van der Waals surface area contributed by atoms with Gasteiger partial charge in [-0.05, 0) is 58.7 Å². The van der Waals surface area contributed by atoms with Gasteiger partial charge in [0.2, 0.25) is 0 Å². The third-order valence-corrected chi connectivity index (χ3v) is 3.48. The smallest absolute Gasteiger partial charge is 0.139 e. The van der Waals surface area contributed by atoms with E-state index in [0.717, 1.165) is 22.4 Å². The van der Waals surface area contributed by atoms with Gasteiger partial charge in [0.25, 0.3) is 0 Å². The van der Waals surface area contributed by atoms with Crippen LogP contribution in [-0.2, 0) is 0 Å². The number of aromatic nitrogens is 2. The van der Waals surface area contributed by atoms with Crippen LogP contribution in [0.2, 0.25) is 0 Å². The number of benzene rings is 2. The Balaban J connectivity index is 2.19. The molecule has 0 saturated heterocycles. The fraction of sp³-hybridized carbons (Fsp3) is 0.0714. The van der Waals surface area contributed by atoms with E-state index in [0.29, 0.717) is 4.47 Å². The predicted molar refractivity (Wildman–Crippen MR) is 73.9 cm³/mol. The van der Waals surface area contributed by atoms with Gasteiger partial charge in [-0.15, -0.1) is 0 Å². The molecule has 0 radical (unpaired) electrons. The van der Waals surface area contributed by atoms with Crippen LogP contribution < -0.4 is 0 Å². The number of hydrogen-bond donors (Lipinski definition) is 1. The largest absolute Gasteiger partial charge is 0.338 e. The second-order valence-corrected chi connectivity index (χ2v) is 5.08. The molecular formula is C14H10BrFN2. The number of hydrogen-bond acceptors (Lipinski definition) is 1. The molecule has 3 rings (SSSR count). The average molecular weight is 305 g/mol. The second kappa shape index (κ2) is 4.21. The Morgan fingerprint density at radius 2 is 2.00 bits per heavy atom. The summed E-state index contributed by atoms with van der Waals surface area (Å²) in [6.07, 6.45) is 0. The highest BCUT2D eigenvalue weighted by Gasteiger charge is 2.09. The molecule has 0 saturated carbocycles. The van der Waals surface area contributed by atoms with Crippen molar-refractivity contribution in [1.82, 2.24) is 9.97 Å². The predicted octanol–water partition coefficient (Wildman–Crippen LogP) is 4.44. The van der Waals surface area contributed by atoms with Gasteiger partial charge in [-0.3, -0.25) is 0 Å². The minimum absolute atomic E-state index is 0.266. The van der Waals surface area contributed by atoms with Crippen molar-refractivity contribution in [2.45, 2.75) is 6.92 Å². The van der Waals surface area contributed by atoms with E-state index in [1.54, 1.807) is 6.07 Å². The number of fused-ring (bicyclic) bond motifs is 1. The summed E-state index contributed by atoms with van der Waals surface area (Å²) in [4.78, 5) is 7.76. The third-order valence-electron chi connectivity index (χ3n) is 2.82. The first-order valence-corrected chi connectivity index (χ1v) is 6.34. The highest BCUT2D eigenvalue weighted by molar-refractivity contribution is 9.10. The quantitative estimate of drug-likeness (QED) is 0.707. The lowest BCUT2D eigenvalue weighted by atomic mass is 10.2. The summed E-state index contributed by atoms with van der Waals surface area (Å²) in [7, 11) is 0. The Labute approximate surface area is 112 Å². The van der Waals surface area contributed by atoms with Gasteiger partial charge in [0.05, 0.1) is 11.0 Å². The maximum atomic E-state index is 13.1. The van der Waals surface area contributed by atoms with E-state index in [4.69, 9.17) is 0 Å². The number of aromatic amines is 1. The molecule has 18 heavy (non-hydrogen) atoms. The molecule has 1 N–H and O–H groups in total. The van der Waals surface area contributed by atoms with Crippen LogP contribution in [0.15, 0.2) is 40.9 Å². The summed E-state index contributed by atoms with van der Waals surface area (Å²) < 4.78 is 13.8. The molecule has 2 aromatic carbocycles. The molecular weight excluding hydrogens is 295 g/mol. The first-order chi connectivity index (χ1) is 8.63. The van der Waals surface area contributed by atoms with Crippen molar-refractivity contribution in [3.63, 3.8) is 0 Å². The summed E-state index contributed by atoms with van der Waals surface area (Å²) in [6.45, 7) is 2.04. The van der Waals surface area contributed by atoms with Gasteiger partial charge in [0.15, 0.2) is 0 Å². The molecule has 1 heterocycles. The molecule has 0 unspecified atom stereocenters. The summed E-state index contributed by atoms with van der Waals surface area (Å²) in [6, 6.07) is 10.6. The standard InChI is InChI=1S/C14H10BrFN2/c1-8-2-5-12-13(6-8)18-14(17-12)10-4-3-9(16)7-11(10)15/h2-7H,1H3,(H,17,18). The zero-order valence-corrected chi connectivity index (χ0v) is 11.3. The van der Waals surface area contributed by atoms with Crippen LogP contribution in [0.25, 0.3) is 22.4 Å². The van der Waals surface area contributed by atoms with Crippen molar-refractivity contribution >= 4 is 27.0 Å². The Bertz CT molecular complexity index is 734. The molecule has 4 heteroatoms. The normalized spacial score (nSPS) is 11.1. The molecule has 2 nitrogen and oxygen atoms in total. The maximum absolute atomic E-state index is 13.1. The highest BCUT2D eigenvalue weighted by Crippen LogP contribution is 2.28. The molecule has 0 atom stereocenters. The van der Waals surface area contributed by atoms with E-state index >= 15 is 0 Å². The molecule has 90 valence electrons. The van der Waals surface area contributed by atoms with Crippen LogP contribution in [0.4, 0.5) is 4.39 Å². The molecule has 0 aliphatic heterocycles. The van der Waals surface area contributed by atoms with Crippen LogP contribution in [-0.4, -0.2) is 9.97 Å². The van der Waals surface area contributed by atoms with Gasteiger partial charge in [-0.1, -0.05) is 6.07 Å². The van der Waals surface area contributed by atoms with E-state index in [1.165, 1.54) is 17.7 Å². The molecule has 0 bridgehead atoms. The molecule has 0 spiro atoms. The molecule has 0 amide bonds. The van der Waals surface area contributed by atoms with Crippen LogP contribution in [0.1, 0.15) is 5.56 Å². The Hall–Kier alpha value is -1.68. The van der Waals surface area contributed by atoms with Crippen molar-refractivity contribution in [3.8, 4) is 11.4 Å². The Kier molecular flexibility index (Phi) is 2.67. The lowest BCUT2D eigenvalue weighted by Crippen LogP contribution is -1.83. The minimum Gasteiger partial charge on any atom is -0.338 e. The third kappa shape index (κ3) is 1.93. The van der Waals surface area contributed by atoms with Crippen LogP contribution in [0, 0.1) is 12.7 Å². The number of nitrogens with zero attached hydrogens (tertiary/aromatic N) is 1. The van der Waals surface area contributed by atoms with Gasteiger partial charge in [-0.2, -0.15) is 0 Å². The van der Waals surface area contributed by atoms with Crippen molar-refractivity contribution in [3.05, 3.63) is 52.3 Å². The number of halogens is 2. The highest BCUT2D eigenvalue weighted by atomic mass is 79.9. The monoisotopic (exact) mass is 304 g/mol. The Morgan fingerprint density at radius 1 is 1.17 bits per heavy atom. The van der Waals surface area contributed by atoms with Crippen LogP contribution in [0.5, 0.6) is 0 Å². The minimum atomic E-state index is -0.266. The first kappa shape index (κ1) is 11.4. The number of H-pyrrole nitrogens is 1. The summed E-state index contributed by atoms with van der Waals surface area (Å²) >= 11 is 3.36. The van der Waals surface area contributed by atoms with Gasteiger partial charge in [-0.25, -0.2) is 9.37 Å². The number of imidazole rings is 1. The van der Waals surface area contributed by atoms with Crippen LogP contribution >= 0.6 is 15.9 Å². The zero-order chi connectivity index (χ0) is 12.7. The van der Waals surface area contributed by atoms with Gasteiger partial charge in [0.1, 0.15) is 11.6 Å². The SMILES string of the molecule is Cc1ccc2nc(-c3ccc(F)cc3Br)[nH]c2c1. The fourth-order valence-corrected chi connectivity index (χ4v) is 2.47. The lowest BCUT2D eigenvalue weighted by Gasteiger charge is -2.00. The first-order valence-electron chi connectivity index (χ1n) is 5.55. The molecule has 3 aromatic rings. The van der Waals surface area contributed by atoms with Crippen molar-refractivity contribution in [2.75, 3.05) is 0 Å². The van der Waals surface area contributed by atoms with Crippen LogP contribution in [0.3, 0.4) is 0 Å². The summed E-state index contributed by atoms with van der Waals surface area (Å²) in [5.41, 5.74) is 3.93. The van der Waals surface area contributed by atoms with Gasteiger partial charge < -0.3 is 4.98 Å². The van der Waals surface area contributed by atoms with Gasteiger partial charge in [0, 0.05) is 10.0 Å². The summed E-state index contributed by atoms with van der Waals surface area (Å²) in [5, 5.41) is 0. The number of aryl methyl sites for hydroxylation is 1. The topological polar surface area (TPSA) is 28.7 Å². The average Bonchev–Trinajstić information content (AvgIpc) is 2.71. The molecule has 0 aliphatic carbocycles. The van der Waals surface area contributed by atoms with E-state index in [2.05, 4.69) is 25.9 Å². The second-order valence-electron chi connectivity index (χ2n) is 4.23. The maximum Gasteiger partial charge on any atom is 0.139 e. The lowest BCUT2D eigenvalue weighted by molar-refractivity contribution is 0.627. The van der Waals surface area contributed by atoms with Crippen molar-refractivity contribution < 1.29 is 4.39 Å².